The van der Waals surface area contributed by atoms with E-state index in [9.17, 15) is 9.18 Å². The largest absolute Gasteiger partial charge is 0.350 e. The molecule has 0 saturated carbocycles. The summed E-state index contributed by atoms with van der Waals surface area (Å²) < 4.78 is 16.2. The van der Waals surface area contributed by atoms with Gasteiger partial charge in [-0.15, -0.1) is 0 Å². The van der Waals surface area contributed by atoms with Gasteiger partial charge in [0.05, 0.1) is 16.1 Å². The number of benzene rings is 2. The van der Waals surface area contributed by atoms with Crippen LogP contribution in [0, 0.1) is 5.82 Å². The molecule has 0 unspecified atom stereocenters. The molecular formula is C19H18BrClFN3O. The Hall–Kier alpha value is -1.92. The number of imidazole rings is 1. The Kier molecular flexibility index (Phi) is 5.08. The van der Waals surface area contributed by atoms with E-state index in [-0.39, 0.29) is 23.0 Å². The standard InChI is InChI=1S/C19H18BrClFN3O/c1-19(2,3)24-17(26)10-25-16-7-5-12(20)9-15(16)23-18(25)11-4-6-14(22)13(21)8-11/h4-9H,10H2,1-3H3,(H,24,26). The van der Waals surface area contributed by atoms with Crippen molar-refractivity contribution >= 4 is 44.5 Å². The van der Waals surface area contributed by atoms with Crippen LogP contribution >= 0.6 is 27.5 Å². The molecule has 1 heterocycles. The van der Waals surface area contributed by atoms with Gasteiger partial charge >= 0.3 is 0 Å². The van der Waals surface area contributed by atoms with Crippen LogP contribution in [0.25, 0.3) is 22.4 Å². The molecule has 0 atom stereocenters. The van der Waals surface area contributed by atoms with Gasteiger partial charge in [0.2, 0.25) is 5.91 Å². The smallest absolute Gasteiger partial charge is 0.240 e. The average Bonchev–Trinajstić information content (AvgIpc) is 2.85. The lowest BCUT2D eigenvalue weighted by atomic mass is 10.1. The van der Waals surface area contributed by atoms with E-state index in [4.69, 9.17) is 11.6 Å². The zero-order valence-corrected chi connectivity index (χ0v) is 16.9. The third-order valence-electron chi connectivity index (χ3n) is 3.70. The molecule has 3 rings (SSSR count). The molecule has 0 aliphatic carbocycles. The van der Waals surface area contributed by atoms with Gasteiger partial charge in [-0.2, -0.15) is 0 Å². The van der Waals surface area contributed by atoms with Gasteiger partial charge in [-0.25, -0.2) is 9.37 Å². The molecule has 4 nitrogen and oxygen atoms in total. The van der Waals surface area contributed by atoms with Crippen LogP contribution in [0.15, 0.2) is 40.9 Å². The number of halogens is 3. The monoisotopic (exact) mass is 437 g/mol. The molecule has 2 aromatic carbocycles. The van der Waals surface area contributed by atoms with Crippen molar-refractivity contribution in [2.75, 3.05) is 0 Å². The van der Waals surface area contributed by atoms with Gasteiger partial charge in [-0.3, -0.25) is 4.79 Å². The van der Waals surface area contributed by atoms with Crippen molar-refractivity contribution in [2.45, 2.75) is 32.9 Å². The minimum Gasteiger partial charge on any atom is -0.350 e. The van der Waals surface area contributed by atoms with Crippen LogP contribution in [0.1, 0.15) is 20.8 Å². The molecule has 0 saturated heterocycles. The summed E-state index contributed by atoms with van der Waals surface area (Å²) in [4.78, 5) is 17.1. The first kappa shape index (κ1) is 18.9. The predicted octanol–water partition coefficient (Wildman–Crippen LogP) is 5.17. The zero-order chi connectivity index (χ0) is 19.1. The van der Waals surface area contributed by atoms with Crippen molar-refractivity contribution in [3.8, 4) is 11.4 Å². The highest BCUT2D eigenvalue weighted by Gasteiger charge is 2.19. The van der Waals surface area contributed by atoms with Gasteiger partial charge in [-0.1, -0.05) is 27.5 Å². The lowest BCUT2D eigenvalue weighted by Crippen LogP contribution is -2.42. The predicted molar refractivity (Wildman–Crippen MR) is 106 cm³/mol. The number of amides is 1. The summed E-state index contributed by atoms with van der Waals surface area (Å²) >= 11 is 9.37. The third kappa shape index (κ3) is 4.07. The SMILES string of the molecule is CC(C)(C)NC(=O)Cn1c(-c2ccc(F)c(Cl)c2)nc2cc(Br)ccc21. The first-order chi connectivity index (χ1) is 12.1. The summed E-state index contributed by atoms with van der Waals surface area (Å²) in [5.41, 5.74) is 1.86. The number of carbonyl (C=O) groups excluding carboxylic acids is 1. The molecule has 0 fully saturated rings. The van der Waals surface area contributed by atoms with Crippen molar-refractivity contribution in [3.63, 3.8) is 0 Å². The lowest BCUT2D eigenvalue weighted by molar-refractivity contribution is -0.123. The second-order valence-electron chi connectivity index (χ2n) is 7.08. The topological polar surface area (TPSA) is 46.9 Å². The third-order valence-corrected chi connectivity index (χ3v) is 4.49. The van der Waals surface area contributed by atoms with E-state index >= 15 is 0 Å². The van der Waals surface area contributed by atoms with Gasteiger partial charge in [0.25, 0.3) is 0 Å². The van der Waals surface area contributed by atoms with Crippen LogP contribution in [-0.2, 0) is 11.3 Å². The highest BCUT2D eigenvalue weighted by molar-refractivity contribution is 9.10. The average molecular weight is 439 g/mol. The van der Waals surface area contributed by atoms with Crippen LogP contribution in [0.5, 0.6) is 0 Å². The van der Waals surface area contributed by atoms with E-state index in [0.29, 0.717) is 11.4 Å². The summed E-state index contributed by atoms with van der Waals surface area (Å²) in [7, 11) is 0. The van der Waals surface area contributed by atoms with Crippen molar-refractivity contribution in [3.05, 3.63) is 51.7 Å². The van der Waals surface area contributed by atoms with E-state index in [1.807, 2.05) is 43.5 Å². The summed E-state index contributed by atoms with van der Waals surface area (Å²) in [5, 5.41) is 2.97. The fourth-order valence-corrected chi connectivity index (χ4v) is 3.25. The number of aromatic nitrogens is 2. The molecular weight excluding hydrogens is 421 g/mol. The summed E-state index contributed by atoms with van der Waals surface area (Å²) in [6, 6.07) is 10.1. The summed E-state index contributed by atoms with van der Waals surface area (Å²) in [6.45, 7) is 5.87. The first-order valence-electron chi connectivity index (χ1n) is 8.06. The minimum absolute atomic E-state index is 0.0152. The second-order valence-corrected chi connectivity index (χ2v) is 8.40. The van der Waals surface area contributed by atoms with Crippen molar-refractivity contribution in [1.82, 2.24) is 14.9 Å². The first-order valence-corrected chi connectivity index (χ1v) is 9.23. The maximum absolute atomic E-state index is 13.5. The molecule has 1 N–H and O–H groups in total. The Bertz CT molecular complexity index is 994. The fraction of sp³-hybridized carbons (Fsp3) is 0.263. The Labute approximate surface area is 164 Å². The number of nitrogens with zero attached hydrogens (tertiary/aromatic N) is 2. The molecule has 0 aliphatic rings. The van der Waals surface area contributed by atoms with Gasteiger partial charge in [0.1, 0.15) is 18.2 Å². The molecule has 136 valence electrons. The van der Waals surface area contributed by atoms with E-state index in [1.165, 1.54) is 12.1 Å². The molecule has 0 aliphatic heterocycles. The highest BCUT2D eigenvalue weighted by atomic mass is 79.9. The van der Waals surface area contributed by atoms with Crippen LogP contribution in [0.2, 0.25) is 5.02 Å². The molecule has 26 heavy (non-hydrogen) atoms. The number of nitrogens with one attached hydrogen (secondary N) is 1. The lowest BCUT2D eigenvalue weighted by Gasteiger charge is -2.21. The summed E-state index contributed by atoms with van der Waals surface area (Å²) in [5.74, 6) is -0.0652. The number of hydrogen-bond acceptors (Lipinski definition) is 2. The maximum atomic E-state index is 13.5. The van der Waals surface area contributed by atoms with Crippen LogP contribution < -0.4 is 5.32 Å². The van der Waals surface area contributed by atoms with Crippen LogP contribution in [-0.4, -0.2) is 21.0 Å². The molecule has 0 bridgehead atoms. The van der Waals surface area contributed by atoms with E-state index in [2.05, 4.69) is 26.2 Å². The van der Waals surface area contributed by atoms with Gasteiger partial charge in [-0.05, 0) is 57.2 Å². The molecule has 0 radical (unpaired) electrons. The molecule has 0 spiro atoms. The molecule has 1 amide bonds. The van der Waals surface area contributed by atoms with Crippen LogP contribution in [0.3, 0.4) is 0 Å². The van der Waals surface area contributed by atoms with E-state index in [1.54, 1.807) is 6.07 Å². The second kappa shape index (κ2) is 7.00. The van der Waals surface area contributed by atoms with Crippen LogP contribution in [0.4, 0.5) is 4.39 Å². The number of carbonyl (C=O) groups is 1. The fourth-order valence-electron chi connectivity index (χ4n) is 2.72. The van der Waals surface area contributed by atoms with Gasteiger partial charge in [0.15, 0.2) is 0 Å². The Morgan fingerprint density at radius 2 is 2.00 bits per heavy atom. The van der Waals surface area contributed by atoms with Crippen molar-refractivity contribution in [2.24, 2.45) is 0 Å². The Balaban J connectivity index is 2.12. The Morgan fingerprint density at radius 3 is 2.65 bits per heavy atom. The normalized spacial score (nSPS) is 11.8. The van der Waals surface area contributed by atoms with E-state index in [0.717, 1.165) is 15.5 Å². The van der Waals surface area contributed by atoms with E-state index < -0.39 is 5.82 Å². The summed E-state index contributed by atoms with van der Waals surface area (Å²) in [6.07, 6.45) is 0. The Morgan fingerprint density at radius 1 is 1.27 bits per heavy atom. The molecule has 7 heteroatoms. The zero-order valence-electron chi connectivity index (χ0n) is 14.6. The number of fused-ring (bicyclic) bond motifs is 1. The highest BCUT2D eigenvalue weighted by Crippen LogP contribution is 2.29. The molecule has 3 aromatic rings. The van der Waals surface area contributed by atoms with Gasteiger partial charge < -0.3 is 9.88 Å². The molecule has 1 aromatic heterocycles. The van der Waals surface area contributed by atoms with Crippen molar-refractivity contribution in [1.29, 1.82) is 0 Å². The quantitative estimate of drug-likeness (QED) is 0.613. The maximum Gasteiger partial charge on any atom is 0.240 e. The number of rotatable bonds is 3. The number of hydrogen-bond donors (Lipinski definition) is 1. The van der Waals surface area contributed by atoms with Gasteiger partial charge in [0, 0.05) is 15.6 Å². The minimum atomic E-state index is -0.494. The van der Waals surface area contributed by atoms with Crippen molar-refractivity contribution < 1.29 is 9.18 Å².